The van der Waals surface area contributed by atoms with E-state index in [1.54, 1.807) is 42.7 Å². The van der Waals surface area contributed by atoms with Crippen molar-refractivity contribution in [2.24, 2.45) is 4.99 Å². The Morgan fingerprint density at radius 3 is 2.32 bits per heavy atom. The number of carbonyl (C=O) groups excluding carboxylic acids is 2. The van der Waals surface area contributed by atoms with Crippen molar-refractivity contribution in [1.29, 1.82) is 0 Å². The van der Waals surface area contributed by atoms with Gasteiger partial charge in [0.05, 0.1) is 41.7 Å². The Morgan fingerprint density at radius 2 is 1.61 bits per heavy atom. The lowest BCUT2D eigenvalue weighted by Crippen LogP contribution is -2.40. The summed E-state index contributed by atoms with van der Waals surface area (Å²) < 4.78 is 23.6. The van der Waals surface area contributed by atoms with Crippen LogP contribution in [0.1, 0.15) is 43.5 Å². The van der Waals surface area contributed by atoms with Crippen molar-refractivity contribution in [1.82, 2.24) is 4.57 Å². The lowest BCUT2D eigenvalue weighted by atomic mass is 9.93. The molecule has 5 rings (SSSR count). The number of thiazole rings is 1. The molecule has 1 aliphatic rings. The largest absolute Gasteiger partial charge is 0.494 e. The minimum atomic E-state index is -0.794. The molecule has 3 aromatic carbocycles. The van der Waals surface area contributed by atoms with Gasteiger partial charge in [0, 0.05) is 5.56 Å². The molecule has 0 saturated heterocycles. The van der Waals surface area contributed by atoms with Crippen LogP contribution in [-0.4, -0.2) is 42.9 Å². The van der Waals surface area contributed by atoms with Gasteiger partial charge in [-0.05, 0) is 62.2 Å². The zero-order valence-electron chi connectivity index (χ0n) is 24.6. The molecule has 10 heteroatoms. The number of hydrogen-bond acceptors (Lipinski definition) is 9. The highest BCUT2D eigenvalue weighted by Crippen LogP contribution is 2.35. The van der Waals surface area contributed by atoms with Gasteiger partial charge in [-0.2, -0.15) is 0 Å². The number of esters is 2. The molecule has 0 N–H and O–H groups in total. The first-order chi connectivity index (χ1) is 21.4. The Bertz CT molecular complexity index is 1860. The summed E-state index contributed by atoms with van der Waals surface area (Å²) >= 11 is 1.23. The number of carbonyl (C=O) groups is 2. The third-order valence-corrected chi connectivity index (χ3v) is 7.68. The summed E-state index contributed by atoms with van der Waals surface area (Å²) in [5.74, 6) is 0.128. The first-order valence-corrected chi connectivity index (χ1v) is 15.1. The maximum atomic E-state index is 14.1. The van der Waals surface area contributed by atoms with E-state index < -0.39 is 18.0 Å². The Morgan fingerprint density at radius 1 is 0.864 bits per heavy atom. The number of aromatic nitrogens is 1. The van der Waals surface area contributed by atoms with Crippen molar-refractivity contribution >= 4 is 35.0 Å². The summed E-state index contributed by atoms with van der Waals surface area (Å²) in [5, 5.41) is 0. The lowest BCUT2D eigenvalue weighted by molar-refractivity contribution is -0.145. The van der Waals surface area contributed by atoms with Crippen LogP contribution < -0.4 is 24.4 Å². The van der Waals surface area contributed by atoms with Gasteiger partial charge < -0.3 is 18.9 Å². The standard InChI is InChI=1S/C34H32N2O7S/c1-4-40-25-17-15-24(16-18-25)31-29(33(39)42-6-3)30(23-12-8-7-9-13-23)35-34-36(31)32(38)27(44-34)20-22-11-10-14-26(19-22)43-21-28(37)41-5-2/h7-20,31H,4-6,21H2,1-3H3/b27-20-/t31-/m1/s1. The van der Waals surface area contributed by atoms with Crippen molar-refractivity contribution < 1.29 is 28.5 Å². The summed E-state index contributed by atoms with van der Waals surface area (Å²) in [5.41, 5.74) is 2.56. The molecule has 1 aliphatic heterocycles. The highest BCUT2D eigenvalue weighted by Gasteiger charge is 2.35. The predicted molar refractivity (Wildman–Crippen MR) is 167 cm³/mol. The Labute approximate surface area is 258 Å². The van der Waals surface area contributed by atoms with E-state index in [1.165, 1.54) is 11.3 Å². The molecule has 2 heterocycles. The van der Waals surface area contributed by atoms with Crippen LogP contribution >= 0.6 is 11.3 Å². The molecule has 9 nitrogen and oxygen atoms in total. The zero-order chi connectivity index (χ0) is 31.1. The molecule has 0 aliphatic carbocycles. The molecule has 1 atom stereocenters. The highest BCUT2D eigenvalue weighted by atomic mass is 32.1. The number of fused-ring (bicyclic) bond motifs is 1. The molecular weight excluding hydrogens is 580 g/mol. The second-order valence-corrected chi connectivity index (χ2v) is 10.6. The van der Waals surface area contributed by atoms with E-state index >= 15 is 0 Å². The van der Waals surface area contributed by atoms with Gasteiger partial charge in [0.2, 0.25) is 0 Å². The Balaban J connectivity index is 1.67. The summed E-state index contributed by atoms with van der Waals surface area (Å²) in [6.45, 7) is 6.10. The molecule has 0 amide bonds. The summed E-state index contributed by atoms with van der Waals surface area (Å²) in [4.78, 5) is 44.8. The predicted octanol–water partition coefficient (Wildman–Crippen LogP) is 4.28. The second kappa shape index (κ2) is 14.0. The van der Waals surface area contributed by atoms with Crippen LogP contribution in [0.5, 0.6) is 11.5 Å². The lowest BCUT2D eigenvalue weighted by Gasteiger charge is -2.26. The number of nitrogens with zero attached hydrogens (tertiary/aromatic N) is 2. The van der Waals surface area contributed by atoms with Crippen molar-refractivity contribution in [3.8, 4) is 11.5 Å². The fourth-order valence-corrected chi connectivity index (χ4v) is 5.86. The van der Waals surface area contributed by atoms with Crippen LogP contribution in [0.4, 0.5) is 0 Å². The number of benzene rings is 3. The minimum absolute atomic E-state index is 0.166. The van der Waals surface area contributed by atoms with E-state index in [0.29, 0.717) is 44.3 Å². The van der Waals surface area contributed by atoms with Gasteiger partial charge in [-0.3, -0.25) is 9.36 Å². The molecule has 0 saturated carbocycles. The van der Waals surface area contributed by atoms with Gasteiger partial charge in [-0.1, -0.05) is 65.9 Å². The van der Waals surface area contributed by atoms with E-state index in [4.69, 9.17) is 23.9 Å². The molecule has 0 fully saturated rings. The van der Waals surface area contributed by atoms with Crippen LogP contribution in [0.2, 0.25) is 0 Å². The third-order valence-electron chi connectivity index (χ3n) is 6.70. The number of hydrogen-bond donors (Lipinski definition) is 0. The number of ether oxygens (including phenoxy) is 4. The molecule has 0 bridgehead atoms. The van der Waals surface area contributed by atoms with Crippen LogP contribution in [0.25, 0.3) is 11.8 Å². The molecule has 0 radical (unpaired) electrons. The van der Waals surface area contributed by atoms with E-state index in [1.807, 2.05) is 67.6 Å². The Hall–Kier alpha value is -4.96. The smallest absolute Gasteiger partial charge is 0.344 e. The van der Waals surface area contributed by atoms with Crippen molar-refractivity contribution in [2.45, 2.75) is 26.8 Å². The molecular formula is C34H32N2O7S. The molecule has 1 aromatic heterocycles. The third kappa shape index (κ3) is 6.65. The monoisotopic (exact) mass is 612 g/mol. The van der Waals surface area contributed by atoms with Crippen LogP contribution in [-0.2, 0) is 19.1 Å². The van der Waals surface area contributed by atoms with E-state index in [-0.39, 0.29) is 31.0 Å². The van der Waals surface area contributed by atoms with E-state index in [0.717, 1.165) is 5.56 Å². The van der Waals surface area contributed by atoms with Crippen molar-refractivity contribution in [3.05, 3.63) is 121 Å². The maximum absolute atomic E-state index is 14.1. The zero-order valence-corrected chi connectivity index (χ0v) is 25.5. The average Bonchev–Trinajstić information content (AvgIpc) is 3.34. The Kier molecular flexibility index (Phi) is 9.71. The van der Waals surface area contributed by atoms with Gasteiger partial charge in [-0.25, -0.2) is 14.6 Å². The average molecular weight is 613 g/mol. The van der Waals surface area contributed by atoms with Gasteiger partial charge in [0.15, 0.2) is 11.4 Å². The van der Waals surface area contributed by atoms with E-state index in [9.17, 15) is 14.4 Å². The van der Waals surface area contributed by atoms with Gasteiger partial charge in [-0.15, -0.1) is 0 Å². The van der Waals surface area contributed by atoms with Crippen LogP contribution in [0.15, 0.2) is 94.2 Å². The van der Waals surface area contributed by atoms with Crippen LogP contribution in [0, 0.1) is 0 Å². The molecule has 0 unspecified atom stereocenters. The van der Waals surface area contributed by atoms with Crippen molar-refractivity contribution in [2.75, 3.05) is 26.4 Å². The van der Waals surface area contributed by atoms with Gasteiger partial charge in [0.1, 0.15) is 11.5 Å². The fourth-order valence-electron chi connectivity index (χ4n) is 4.86. The summed E-state index contributed by atoms with van der Waals surface area (Å²) in [6, 6.07) is 23.0. The van der Waals surface area contributed by atoms with E-state index in [2.05, 4.69) is 0 Å². The van der Waals surface area contributed by atoms with Gasteiger partial charge >= 0.3 is 11.9 Å². The molecule has 4 aromatic rings. The second-order valence-electron chi connectivity index (χ2n) is 9.60. The quantitative estimate of drug-likeness (QED) is 0.233. The topological polar surface area (TPSA) is 105 Å². The molecule has 226 valence electrons. The SMILES string of the molecule is CCOC(=O)COc1cccc(/C=c2\sc3n(c2=O)[C@H](c2ccc(OCC)cc2)C(C(=O)OCC)=C(c2ccccc2)N=3)c1. The highest BCUT2D eigenvalue weighted by molar-refractivity contribution is 7.07. The first-order valence-electron chi connectivity index (χ1n) is 14.3. The number of rotatable bonds is 11. The van der Waals surface area contributed by atoms with Crippen LogP contribution in [0.3, 0.4) is 0 Å². The first kappa shape index (κ1) is 30.5. The van der Waals surface area contributed by atoms with Gasteiger partial charge in [0.25, 0.3) is 5.56 Å². The molecule has 44 heavy (non-hydrogen) atoms. The maximum Gasteiger partial charge on any atom is 0.344 e. The van der Waals surface area contributed by atoms with Crippen molar-refractivity contribution in [3.63, 3.8) is 0 Å². The normalized spacial score (nSPS) is 14.4. The summed E-state index contributed by atoms with van der Waals surface area (Å²) in [6.07, 6.45) is 1.74. The minimum Gasteiger partial charge on any atom is -0.494 e. The summed E-state index contributed by atoms with van der Waals surface area (Å²) in [7, 11) is 0. The molecule has 0 spiro atoms. The fraction of sp³-hybridized carbons (Fsp3) is 0.235.